The summed E-state index contributed by atoms with van der Waals surface area (Å²) >= 11 is 0. The Hall–Kier alpha value is -3.62. The number of benzene rings is 1. The molecule has 1 aliphatic heterocycles. The summed E-state index contributed by atoms with van der Waals surface area (Å²) in [5.41, 5.74) is 0.793. The number of carbonyl (C=O) groups excluding carboxylic acids is 2. The minimum absolute atomic E-state index is 0.0206. The number of piperazine rings is 1. The van der Waals surface area contributed by atoms with Gasteiger partial charge in [0.1, 0.15) is 6.61 Å². The second-order valence-electron chi connectivity index (χ2n) is 6.09. The van der Waals surface area contributed by atoms with Crippen LogP contribution in [0.15, 0.2) is 54.9 Å². The highest BCUT2D eigenvalue weighted by Crippen LogP contribution is 2.16. The van der Waals surface area contributed by atoms with Crippen LogP contribution >= 0.6 is 0 Å². The molecule has 1 fully saturated rings. The molecule has 3 rings (SSSR count). The summed E-state index contributed by atoms with van der Waals surface area (Å²) in [5, 5.41) is 9.49. The van der Waals surface area contributed by atoms with Gasteiger partial charge in [-0.1, -0.05) is 30.3 Å². The van der Waals surface area contributed by atoms with Gasteiger partial charge in [0.05, 0.1) is 12.7 Å². The van der Waals surface area contributed by atoms with Crippen LogP contribution in [0.25, 0.3) is 0 Å². The van der Waals surface area contributed by atoms with Crippen molar-refractivity contribution in [3.05, 3.63) is 60.4 Å². The largest absolute Gasteiger partial charge is 0.480 e. The van der Waals surface area contributed by atoms with E-state index in [1.165, 1.54) is 17.3 Å². The highest BCUT2D eigenvalue weighted by Gasteiger charge is 2.38. The molecule has 9 heteroatoms. The first kappa shape index (κ1) is 19.2. The van der Waals surface area contributed by atoms with Crippen molar-refractivity contribution in [2.24, 2.45) is 0 Å². The van der Waals surface area contributed by atoms with E-state index in [0.717, 1.165) is 10.5 Å². The van der Waals surface area contributed by atoms with Crippen LogP contribution in [0.2, 0.25) is 0 Å². The topological polar surface area (TPSA) is 109 Å². The van der Waals surface area contributed by atoms with Crippen LogP contribution in [-0.4, -0.2) is 63.7 Å². The molecule has 0 spiro atoms. The monoisotopic (exact) mass is 385 g/mol. The molecule has 146 valence electrons. The van der Waals surface area contributed by atoms with Crippen LogP contribution in [0.5, 0.6) is 5.75 Å². The Bertz CT molecular complexity index is 830. The van der Waals surface area contributed by atoms with Crippen LogP contribution < -0.4 is 4.74 Å². The fourth-order valence-electron chi connectivity index (χ4n) is 2.75. The molecule has 0 bridgehead atoms. The van der Waals surface area contributed by atoms with Crippen molar-refractivity contribution in [2.75, 3.05) is 19.6 Å². The summed E-state index contributed by atoms with van der Waals surface area (Å²) in [6.45, 7) is -0.0137. The minimum atomic E-state index is -1.23. The van der Waals surface area contributed by atoms with Crippen molar-refractivity contribution in [1.29, 1.82) is 0 Å². The van der Waals surface area contributed by atoms with Crippen molar-refractivity contribution in [2.45, 2.75) is 12.6 Å². The zero-order chi connectivity index (χ0) is 19.9. The molecule has 1 unspecified atom stereocenters. The van der Waals surface area contributed by atoms with Crippen LogP contribution in [-0.2, 0) is 16.1 Å². The maximum Gasteiger partial charge on any atom is 0.415 e. The van der Waals surface area contributed by atoms with Crippen molar-refractivity contribution >= 4 is 18.2 Å². The fraction of sp³-hybridized carbons (Fsp3) is 0.263. The first-order chi connectivity index (χ1) is 13.5. The third-order valence-electron chi connectivity index (χ3n) is 4.20. The first-order valence-corrected chi connectivity index (χ1v) is 8.61. The second kappa shape index (κ2) is 8.85. The zero-order valence-corrected chi connectivity index (χ0v) is 14.9. The quantitative estimate of drug-likeness (QED) is 0.857. The second-order valence-corrected chi connectivity index (χ2v) is 6.09. The number of aromatic nitrogens is 1. The fourth-order valence-corrected chi connectivity index (χ4v) is 2.75. The summed E-state index contributed by atoms with van der Waals surface area (Å²) in [4.78, 5) is 42.5. The highest BCUT2D eigenvalue weighted by molar-refractivity contribution is 5.82. The molecule has 1 N–H and O–H groups in total. The summed E-state index contributed by atoms with van der Waals surface area (Å²) in [6, 6.07) is 11.0. The lowest BCUT2D eigenvalue weighted by molar-refractivity contribution is -0.144. The molecule has 2 heterocycles. The van der Waals surface area contributed by atoms with E-state index >= 15 is 0 Å². The third-order valence-corrected chi connectivity index (χ3v) is 4.20. The van der Waals surface area contributed by atoms with Crippen LogP contribution in [0.1, 0.15) is 5.56 Å². The van der Waals surface area contributed by atoms with E-state index in [1.807, 2.05) is 18.2 Å². The molecule has 1 saturated heterocycles. The number of rotatable bonds is 4. The van der Waals surface area contributed by atoms with Gasteiger partial charge in [0.15, 0.2) is 11.8 Å². The van der Waals surface area contributed by atoms with E-state index in [9.17, 15) is 19.5 Å². The van der Waals surface area contributed by atoms with E-state index in [1.54, 1.807) is 24.3 Å². The van der Waals surface area contributed by atoms with Crippen molar-refractivity contribution in [3.63, 3.8) is 0 Å². The number of amides is 2. The van der Waals surface area contributed by atoms with Crippen molar-refractivity contribution in [3.8, 4) is 5.75 Å². The number of hydrogen-bond acceptors (Lipinski definition) is 6. The Labute approximate surface area is 161 Å². The molecular weight excluding hydrogens is 366 g/mol. The Balaban J connectivity index is 1.59. The highest BCUT2D eigenvalue weighted by atomic mass is 16.6. The molecule has 28 heavy (non-hydrogen) atoms. The standard InChI is InChI=1S/C19H19N3O6/c23-17(24)16-12-21(18(25)28-15-7-4-8-20-11-15)9-10-22(16)19(26)27-13-14-5-2-1-3-6-14/h1-8,11,16H,9-10,12-13H2,(H,23,24). The number of aliphatic carboxylic acids is 1. The molecule has 1 atom stereocenters. The Morgan fingerprint density at radius 2 is 1.86 bits per heavy atom. The predicted molar refractivity (Wildman–Crippen MR) is 96.6 cm³/mol. The van der Waals surface area contributed by atoms with Gasteiger partial charge in [0.2, 0.25) is 0 Å². The number of pyridine rings is 1. The zero-order valence-electron chi connectivity index (χ0n) is 14.9. The van der Waals surface area contributed by atoms with E-state index < -0.39 is 24.2 Å². The maximum atomic E-state index is 12.4. The smallest absolute Gasteiger partial charge is 0.415 e. The lowest BCUT2D eigenvalue weighted by atomic mass is 10.2. The van der Waals surface area contributed by atoms with E-state index in [2.05, 4.69) is 4.98 Å². The molecule has 0 saturated carbocycles. The van der Waals surface area contributed by atoms with Gasteiger partial charge in [-0.2, -0.15) is 0 Å². The van der Waals surface area contributed by atoms with Gasteiger partial charge in [-0.25, -0.2) is 14.4 Å². The normalized spacial score (nSPS) is 16.4. The minimum Gasteiger partial charge on any atom is -0.480 e. The number of carboxylic acid groups (broad SMARTS) is 1. The lowest BCUT2D eigenvalue weighted by Crippen LogP contribution is -2.59. The van der Waals surface area contributed by atoms with Crippen molar-refractivity contribution in [1.82, 2.24) is 14.8 Å². The number of carbonyl (C=O) groups is 3. The molecule has 0 radical (unpaired) electrons. The molecule has 1 aliphatic rings. The summed E-state index contributed by atoms with van der Waals surface area (Å²) in [7, 11) is 0. The lowest BCUT2D eigenvalue weighted by Gasteiger charge is -2.37. The number of carboxylic acids is 1. The number of ether oxygens (including phenoxy) is 2. The Morgan fingerprint density at radius 3 is 2.54 bits per heavy atom. The molecule has 9 nitrogen and oxygen atoms in total. The predicted octanol–water partition coefficient (Wildman–Crippen LogP) is 1.99. The van der Waals surface area contributed by atoms with Gasteiger partial charge in [-0.3, -0.25) is 9.88 Å². The average molecular weight is 385 g/mol. The molecule has 2 aromatic rings. The SMILES string of the molecule is O=C(O)C1CN(C(=O)Oc2cccnc2)CCN1C(=O)OCc1ccccc1. The van der Waals surface area contributed by atoms with E-state index in [4.69, 9.17) is 9.47 Å². The number of hydrogen-bond donors (Lipinski definition) is 1. The molecule has 1 aromatic heterocycles. The van der Waals surface area contributed by atoms with Crippen LogP contribution in [0.4, 0.5) is 9.59 Å². The Kier molecular flexibility index (Phi) is 6.05. The van der Waals surface area contributed by atoms with Gasteiger partial charge >= 0.3 is 18.2 Å². The molecule has 1 aromatic carbocycles. The van der Waals surface area contributed by atoms with Gasteiger partial charge in [0, 0.05) is 19.3 Å². The maximum absolute atomic E-state index is 12.4. The van der Waals surface area contributed by atoms with Crippen LogP contribution in [0, 0.1) is 0 Å². The molecular formula is C19H19N3O6. The number of nitrogens with zero attached hydrogens (tertiary/aromatic N) is 3. The first-order valence-electron chi connectivity index (χ1n) is 8.61. The molecule has 0 aliphatic carbocycles. The third kappa shape index (κ3) is 4.76. The summed E-state index contributed by atoms with van der Waals surface area (Å²) in [5.74, 6) is -0.973. The van der Waals surface area contributed by atoms with Gasteiger partial charge in [-0.15, -0.1) is 0 Å². The average Bonchev–Trinajstić information content (AvgIpc) is 2.73. The van der Waals surface area contributed by atoms with Crippen LogP contribution in [0.3, 0.4) is 0 Å². The summed E-state index contributed by atoms with van der Waals surface area (Å²) < 4.78 is 10.4. The Morgan fingerprint density at radius 1 is 1.07 bits per heavy atom. The van der Waals surface area contributed by atoms with E-state index in [-0.39, 0.29) is 32.0 Å². The van der Waals surface area contributed by atoms with E-state index in [0.29, 0.717) is 0 Å². The van der Waals surface area contributed by atoms with Gasteiger partial charge < -0.3 is 19.5 Å². The van der Waals surface area contributed by atoms with Gasteiger partial charge in [-0.05, 0) is 17.7 Å². The summed E-state index contributed by atoms with van der Waals surface area (Å²) in [6.07, 6.45) is 1.48. The molecule has 2 amide bonds. The van der Waals surface area contributed by atoms with Gasteiger partial charge in [0.25, 0.3) is 0 Å². The van der Waals surface area contributed by atoms with Crippen molar-refractivity contribution < 1.29 is 29.0 Å².